The van der Waals surface area contributed by atoms with Gasteiger partial charge in [-0.25, -0.2) is 0 Å². The molecule has 2 aromatic carbocycles. The van der Waals surface area contributed by atoms with Crippen LogP contribution in [0.2, 0.25) is 0 Å². The summed E-state index contributed by atoms with van der Waals surface area (Å²) in [6.45, 7) is 0. The van der Waals surface area contributed by atoms with Crippen LogP contribution < -0.4 is 10.6 Å². The van der Waals surface area contributed by atoms with Gasteiger partial charge in [0.25, 0.3) is 0 Å². The summed E-state index contributed by atoms with van der Waals surface area (Å²) in [5, 5.41) is 5.72. The Kier molecular flexibility index (Phi) is 7.97. The third-order valence-corrected chi connectivity index (χ3v) is 4.75. The lowest BCUT2D eigenvalue weighted by atomic mass is 10.1. The molecule has 0 fully saturated rings. The topological polar surface area (TPSA) is 58.2 Å². The van der Waals surface area contributed by atoms with E-state index in [1.54, 1.807) is 0 Å². The molecule has 2 rings (SSSR count). The highest BCUT2D eigenvalue weighted by Crippen LogP contribution is 2.13. The maximum atomic E-state index is 11.9. The lowest BCUT2D eigenvalue weighted by Crippen LogP contribution is -2.13. The molecule has 0 atom stereocenters. The van der Waals surface area contributed by atoms with Gasteiger partial charge in [-0.15, -0.1) is 0 Å². The highest BCUT2D eigenvalue weighted by molar-refractivity contribution is 14.1. The first-order valence-electron chi connectivity index (χ1n) is 7.64. The van der Waals surface area contributed by atoms with Gasteiger partial charge in [-0.3, -0.25) is 9.59 Å². The van der Waals surface area contributed by atoms with E-state index in [1.807, 2.05) is 48.5 Å². The van der Waals surface area contributed by atoms with Crippen LogP contribution in [0, 0.1) is 7.14 Å². The largest absolute Gasteiger partial charge is 0.326 e. The molecule has 0 heterocycles. The molecule has 2 N–H and O–H groups in total. The van der Waals surface area contributed by atoms with Gasteiger partial charge in [-0.2, -0.15) is 0 Å². The molecule has 0 spiro atoms. The fraction of sp³-hybridized carbons (Fsp3) is 0.222. The molecular weight excluding hydrogens is 530 g/mol. The Morgan fingerprint density at radius 3 is 1.33 bits per heavy atom. The lowest BCUT2D eigenvalue weighted by Gasteiger charge is -2.06. The normalized spacial score (nSPS) is 10.2. The van der Waals surface area contributed by atoms with Crippen molar-refractivity contribution in [3.05, 3.63) is 55.7 Å². The fourth-order valence-electron chi connectivity index (χ4n) is 2.08. The van der Waals surface area contributed by atoms with Crippen LogP contribution in [0.25, 0.3) is 0 Å². The van der Waals surface area contributed by atoms with Crippen LogP contribution in [-0.2, 0) is 9.59 Å². The Morgan fingerprint density at radius 2 is 1.00 bits per heavy atom. The average molecular weight is 548 g/mol. The average Bonchev–Trinajstić information content (AvgIpc) is 2.56. The quantitative estimate of drug-likeness (QED) is 0.377. The van der Waals surface area contributed by atoms with Gasteiger partial charge in [0, 0.05) is 31.4 Å². The first kappa shape index (κ1) is 19.2. The van der Waals surface area contributed by atoms with Gasteiger partial charge >= 0.3 is 0 Å². The van der Waals surface area contributed by atoms with E-state index in [0.29, 0.717) is 25.7 Å². The first-order valence-corrected chi connectivity index (χ1v) is 9.79. The van der Waals surface area contributed by atoms with Crippen molar-refractivity contribution >= 4 is 68.4 Å². The molecule has 2 aromatic rings. The molecule has 0 aromatic heterocycles. The first-order chi connectivity index (χ1) is 11.5. The Hall–Kier alpha value is -1.16. The number of carbonyl (C=O) groups excluding carboxylic acids is 2. The third-order valence-electron chi connectivity index (χ3n) is 3.31. The van der Waals surface area contributed by atoms with E-state index in [0.717, 1.165) is 18.5 Å². The van der Waals surface area contributed by atoms with Crippen molar-refractivity contribution in [2.75, 3.05) is 10.6 Å². The maximum absolute atomic E-state index is 11.9. The summed E-state index contributed by atoms with van der Waals surface area (Å²) in [6.07, 6.45) is 2.22. The second kappa shape index (κ2) is 9.97. The van der Waals surface area contributed by atoms with Gasteiger partial charge < -0.3 is 10.6 Å². The Labute approximate surface area is 169 Å². The zero-order valence-electron chi connectivity index (χ0n) is 13.0. The van der Waals surface area contributed by atoms with Crippen molar-refractivity contribution in [1.29, 1.82) is 0 Å². The van der Waals surface area contributed by atoms with E-state index < -0.39 is 0 Å². The smallest absolute Gasteiger partial charge is 0.224 e. The monoisotopic (exact) mass is 548 g/mol. The molecule has 6 heteroatoms. The zero-order valence-corrected chi connectivity index (χ0v) is 17.3. The SMILES string of the molecule is O=C(CCCCC(=O)Nc1ccc(I)cc1)Nc1ccc(I)cc1. The highest BCUT2D eigenvalue weighted by atomic mass is 127. The molecule has 0 bridgehead atoms. The van der Waals surface area contributed by atoms with Gasteiger partial charge in [0.15, 0.2) is 0 Å². The van der Waals surface area contributed by atoms with Crippen molar-refractivity contribution in [2.24, 2.45) is 0 Å². The molecule has 0 unspecified atom stereocenters. The minimum Gasteiger partial charge on any atom is -0.326 e. The van der Waals surface area contributed by atoms with Gasteiger partial charge in [-0.05, 0) is 107 Å². The standard InChI is InChI=1S/C18H18I2N2O2/c19-13-5-9-15(10-6-13)21-17(23)3-1-2-4-18(24)22-16-11-7-14(20)8-12-16/h5-12H,1-4H2,(H,21,23)(H,22,24). The Balaban J connectivity index is 1.63. The van der Waals surface area contributed by atoms with Crippen molar-refractivity contribution in [3.63, 3.8) is 0 Å². The molecule has 0 saturated carbocycles. The molecule has 0 aliphatic heterocycles. The number of benzene rings is 2. The molecule has 4 nitrogen and oxygen atoms in total. The minimum atomic E-state index is -0.0192. The molecular formula is C18H18I2N2O2. The molecule has 2 amide bonds. The number of unbranched alkanes of at least 4 members (excludes halogenated alkanes) is 1. The number of anilines is 2. The van der Waals surface area contributed by atoms with E-state index in [-0.39, 0.29) is 11.8 Å². The predicted octanol–water partition coefficient (Wildman–Crippen LogP) is 5.03. The van der Waals surface area contributed by atoms with Crippen LogP contribution >= 0.6 is 45.2 Å². The van der Waals surface area contributed by atoms with Gasteiger partial charge in [0.2, 0.25) is 11.8 Å². The molecule has 24 heavy (non-hydrogen) atoms. The van der Waals surface area contributed by atoms with Crippen LogP contribution in [0.15, 0.2) is 48.5 Å². The van der Waals surface area contributed by atoms with Crippen LogP contribution in [0.5, 0.6) is 0 Å². The number of hydrogen-bond donors (Lipinski definition) is 2. The van der Waals surface area contributed by atoms with Gasteiger partial charge in [-0.1, -0.05) is 0 Å². The minimum absolute atomic E-state index is 0.0192. The van der Waals surface area contributed by atoms with Gasteiger partial charge in [0.1, 0.15) is 0 Å². The molecule has 126 valence electrons. The van der Waals surface area contributed by atoms with Gasteiger partial charge in [0.05, 0.1) is 0 Å². The van der Waals surface area contributed by atoms with Crippen LogP contribution in [0.1, 0.15) is 25.7 Å². The number of carbonyl (C=O) groups is 2. The van der Waals surface area contributed by atoms with E-state index in [4.69, 9.17) is 0 Å². The van der Waals surface area contributed by atoms with E-state index in [9.17, 15) is 9.59 Å². The van der Waals surface area contributed by atoms with E-state index in [2.05, 4.69) is 55.8 Å². The molecule has 0 aliphatic rings. The molecule has 0 aliphatic carbocycles. The summed E-state index contributed by atoms with van der Waals surface area (Å²) in [6, 6.07) is 15.3. The second-order valence-corrected chi connectivity index (χ2v) is 7.81. The van der Waals surface area contributed by atoms with Crippen LogP contribution in [0.3, 0.4) is 0 Å². The van der Waals surface area contributed by atoms with Crippen molar-refractivity contribution in [1.82, 2.24) is 0 Å². The highest BCUT2D eigenvalue weighted by Gasteiger charge is 2.05. The van der Waals surface area contributed by atoms with Crippen molar-refractivity contribution in [2.45, 2.75) is 25.7 Å². The lowest BCUT2D eigenvalue weighted by molar-refractivity contribution is -0.118. The van der Waals surface area contributed by atoms with Crippen LogP contribution in [-0.4, -0.2) is 11.8 Å². The van der Waals surface area contributed by atoms with Crippen molar-refractivity contribution in [3.8, 4) is 0 Å². The van der Waals surface area contributed by atoms with Crippen molar-refractivity contribution < 1.29 is 9.59 Å². The number of hydrogen-bond acceptors (Lipinski definition) is 2. The maximum Gasteiger partial charge on any atom is 0.224 e. The summed E-state index contributed by atoms with van der Waals surface area (Å²) in [4.78, 5) is 23.7. The Bertz CT molecular complexity index is 624. The molecule has 0 saturated heterocycles. The number of nitrogens with one attached hydrogen (secondary N) is 2. The predicted molar refractivity (Wildman–Crippen MR) is 114 cm³/mol. The number of amides is 2. The number of rotatable bonds is 7. The third kappa shape index (κ3) is 7.16. The summed E-state index contributed by atoms with van der Waals surface area (Å²) in [5.74, 6) is -0.0384. The summed E-state index contributed by atoms with van der Waals surface area (Å²) >= 11 is 4.44. The number of halogens is 2. The summed E-state index contributed by atoms with van der Waals surface area (Å²) in [5.41, 5.74) is 1.61. The Morgan fingerprint density at radius 1 is 0.667 bits per heavy atom. The van der Waals surface area contributed by atoms with Crippen LogP contribution in [0.4, 0.5) is 11.4 Å². The second-order valence-electron chi connectivity index (χ2n) is 5.32. The molecule has 0 radical (unpaired) electrons. The fourth-order valence-corrected chi connectivity index (χ4v) is 2.80. The summed E-state index contributed by atoms with van der Waals surface area (Å²) in [7, 11) is 0. The van der Waals surface area contributed by atoms with E-state index in [1.165, 1.54) is 0 Å². The zero-order chi connectivity index (χ0) is 17.4. The summed E-state index contributed by atoms with van der Waals surface area (Å²) < 4.78 is 2.26. The van der Waals surface area contributed by atoms with E-state index >= 15 is 0 Å².